The Morgan fingerprint density at radius 1 is 1.37 bits per heavy atom. The Kier molecular flexibility index (Phi) is 3.16. The molecule has 0 bridgehead atoms. The van der Waals surface area contributed by atoms with E-state index in [0.29, 0.717) is 9.47 Å². The summed E-state index contributed by atoms with van der Waals surface area (Å²) in [5.41, 5.74) is 2.51. The summed E-state index contributed by atoms with van der Waals surface area (Å²) in [6.45, 7) is 1.96. The maximum absolute atomic E-state index is 12.5. The molecule has 0 aliphatic rings. The highest BCUT2D eigenvalue weighted by Crippen LogP contribution is 2.23. The molecular weight excluding hydrogens is 344 g/mol. The SMILES string of the molecule is Cc1c(Br)cccc1-n1c(=S)[nH]c2ccsc2c1=O. The molecule has 96 valence electrons. The van der Waals surface area contributed by atoms with Crippen LogP contribution in [0.25, 0.3) is 15.9 Å². The molecule has 0 spiro atoms. The second-order valence-corrected chi connectivity index (χ2v) is 6.28. The molecule has 3 aromatic rings. The minimum absolute atomic E-state index is 0.0741. The Morgan fingerprint density at radius 2 is 2.16 bits per heavy atom. The van der Waals surface area contributed by atoms with Gasteiger partial charge in [-0.25, -0.2) is 0 Å². The number of nitrogens with zero attached hydrogens (tertiary/aromatic N) is 1. The smallest absolute Gasteiger partial charge is 0.276 e. The molecule has 0 unspecified atom stereocenters. The third kappa shape index (κ3) is 2.00. The monoisotopic (exact) mass is 352 g/mol. The van der Waals surface area contributed by atoms with E-state index in [1.165, 1.54) is 11.3 Å². The average molecular weight is 353 g/mol. The van der Waals surface area contributed by atoms with Crippen molar-refractivity contribution in [3.05, 3.63) is 54.8 Å². The first-order chi connectivity index (χ1) is 9.09. The molecule has 1 N–H and O–H groups in total. The van der Waals surface area contributed by atoms with Gasteiger partial charge in [-0.05, 0) is 48.3 Å². The van der Waals surface area contributed by atoms with Crippen LogP contribution in [0, 0.1) is 11.7 Å². The van der Waals surface area contributed by atoms with Crippen LogP contribution in [0.3, 0.4) is 0 Å². The summed E-state index contributed by atoms with van der Waals surface area (Å²) in [4.78, 5) is 15.6. The third-order valence-electron chi connectivity index (χ3n) is 2.99. The lowest BCUT2D eigenvalue weighted by Crippen LogP contribution is -2.20. The van der Waals surface area contributed by atoms with E-state index < -0.39 is 0 Å². The number of hydrogen-bond donors (Lipinski definition) is 1. The van der Waals surface area contributed by atoms with Crippen LogP contribution in [-0.2, 0) is 0 Å². The molecular formula is C13H9BrN2OS2. The molecule has 0 aliphatic heterocycles. The number of halogens is 1. The van der Waals surface area contributed by atoms with E-state index in [1.807, 2.05) is 36.6 Å². The van der Waals surface area contributed by atoms with Crippen LogP contribution in [0.15, 0.2) is 38.9 Å². The van der Waals surface area contributed by atoms with Gasteiger partial charge < -0.3 is 4.98 Å². The lowest BCUT2D eigenvalue weighted by molar-refractivity contribution is 0.932. The van der Waals surface area contributed by atoms with Crippen molar-refractivity contribution in [1.29, 1.82) is 0 Å². The van der Waals surface area contributed by atoms with Crippen LogP contribution < -0.4 is 5.56 Å². The second kappa shape index (κ2) is 4.70. The summed E-state index contributed by atoms with van der Waals surface area (Å²) in [6.07, 6.45) is 0. The van der Waals surface area contributed by atoms with Gasteiger partial charge in [-0.15, -0.1) is 11.3 Å². The minimum Gasteiger partial charge on any atom is -0.331 e. The Morgan fingerprint density at radius 3 is 2.95 bits per heavy atom. The number of thiophene rings is 1. The summed E-state index contributed by atoms with van der Waals surface area (Å²) in [7, 11) is 0. The molecule has 2 heterocycles. The number of H-pyrrole nitrogens is 1. The standard InChI is InChI=1S/C13H9BrN2OS2/c1-7-8(14)3-2-4-10(7)16-12(17)11-9(5-6-19-11)15-13(16)18/h2-6H,1H3,(H,15,18). The number of rotatable bonds is 1. The molecule has 1 aromatic carbocycles. The zero-order chi connectivity index (χ0) is 13.6. The first-order valence-corrected chi connectivity index (χ1v) is 7.65. The molecule has 19 heavy (non-hydrogen) atoms. The normalized spacial score (nSPS) is 11.1. The molecule has 0 saturated carbocycles. The van der Waals surface area contributed by atoms with E-state index in [1.54, 1.807) is 4.57 Å². The van der Waals surface area contributed by atoms with E-state index in [9.17, 15) is 4.79 Å². The highest BCUT2D eigenvalue weighted by molar-refractivity contribution is 9.10. The summed E-state index contributed by atoms with van der Waals surface area (Å²) in [5, 5.41) is 1.88. The largest absolute Gasteiger partial charge is 0.331 e. The fourth-order valence-corrected chi connectivity index (χ4v) is 3.42. The molecule has 0 aliphatic carbocycles. The van der Waals surface area contributed by atoms with Gasteiger partial charge in [0.25, 0.3) is 5.56 Å². The van der Waals surface area contributed by atoms with E-state index in [4.69, 9.17) is 12.2 Å². The van der Waals surface area contributed by atoms with Gasteiger partial charge in [-0.1, -0.05) is 22.0 Å². The van der Waals surface area contributed by atoms with E-state index in [-0.39, 0.29) is 5.56 Å². The zero-order valence-corrected chi connectivity index (χ0v) is 13.2. The molecule has 6 heteroatoms. The van der Waals surface area contributed by atoms with Crippen molar-refractivity contribution in [2.75, 3.05) is 0 Å². The fraction of sp³-hybridized carbons (Fsp3) is 0.0769. The Hall–Kier alpha value is -1.24. The van der Waals surface area contributed by atoms with Crippen LogP contribution in [-0.4, -0.2) is 9.55 Å². The number of benzene rings is 1. The summed E-state index contributed by atoms with van der Waals surface area (Å²) >= 11 is 10.2. The van der Waals surface area contributed by atoms with Gasteiger partial charge in [-0.2, -0.15) is 0 Å². The van der Waals surface area contributed by atoms with E-state index in [2.05, 4.69) is 20.9 Å². The van der Waals surface area contributed by atoms with Gasteiger partial charge >= 0.3 is 0 Å². The highest BCUT2D eigenvalue weighted by atomic mass is 79.9. The van der Waals surface area contributed by atoms with E-state index in [0.717, 1.165) is 21.2 Å². The van der Waals surface area contributed by atoms with Crippen LogP contribution in [0.2, 0.25) is 0 Å². The maximum Gasteiger partial charge on any atom is 0.276 e. The molecule has 2 aromatic heterocycles. The molecule has 3 rings (SSSR count). The van der Waals surface area contributed by atoms with Gasteiger partial charge in [0.15, 0.2) is 4.77 Å². The number of aromatic amines is 1. The van der Waals surface area contributed by atoms with Crippen molar-refractivity contribution in [1.82, 2.24) is 9.55 Å². The van der Waals surface area contributed by atoms with Crippen molar-refractivity contribution < 1.29 is 0 Å². The van der Waals surface area contributed by atoms with Crippen molar-refractivity contribution in [2.45, 2.75) is 6.92 Å². The number of aromatic nitrogens is 2. The summed E-state index contributed by atoms with van der Waals surface area (Å²) in [5.74, 6) is 0. The van der Waals surface area contributed by atoms with Gasteiger partial charge in [-0.3, -0.25) is 9.36 Å². The van der Waals surface area contributed by atoms with Crippen LogP contribution >= 0.6 is 39.5 Å². The quantitative estimate of drug-likeness (QED) is 0.667. The highest BCUT2D eigenvalue weighted by Gasteiger charge is 2.11. The van der Waals surface area contributed by atoms with Gasteiger partial charge in [0.2, 0.25) is 0 Å². The maximum atomic E-state index is 12.5. The van der Waals surface area contributed by atoms with Gasteiger partial charge in [0, 0.05) is 4.47 Å². The minimum atomic E-state index is -0.0741. The number of fused-ring (bicyclic) bond motifs is 1. The molecule has 3 nitrogen and oxygen atoms in total. The summed E-state index contributed by atoms with van der Waals surface area (Å²) in [6, 6.07) is 7.60. The summed E-state index contributed by atoms with van der Waals surface area (Å²) < 4.78 is 3.61. The lowest BCUT2D eigenvalue weighted by Gasteiger charge is -2.10. The Balaban J connectivity index is 2.46. The number of nitrogens with one attached hydrogen (secondary N) is 1. The van der Waals surface area contributed by atoms with Crippen LogP contribution in [0.4, 0.5) is 0 Å². The van der Waals surface area contributed by atoms with Crippen molar-refractivity contribution in [3.8, 4) is 5.69 Å². The van der Waals surface area contributed by atoms with Gasteiger partial charge in [0.1, 0.15) is 4.70 Å². The Labute approximate surface area is 126 Å². The third-order valence-corrected chi connectivity index (χ3v) is 5.03. The molecule has 0 radical (unpaired) electrons. The predicted molar refractivity (Wildman–Crippen MR) is 85.0 cm³/mol. The molecule has 0 atom stereocenters. The average Bonchev–Trinajstić information content (AvgIpc) is 2.82. The number of hydrogen-bond acceptors (Lipinski definition) is 3. The molecule has 0 saturated heterocycles. The fourth-order valence-electron chi connectivity index (χ4n) is 2.00. The van der Waals surface area contributed by atoms with Crippen LogP contribution in [0.1, 0.15) is 5.56 Å². The van der Waals surface area contributed by atoms with Crippen LogP contribution in [0.5, 0.6) is 0 Å². The van der Waals surface area contributed by atoms with E-state index >= 15 is 0 Å². The van der Waals surface area contributed by atoms with Crippen molar-refractivity contribution >= 4 is 49.7 Å². The zero-order valence-electron chi connectivity index (χ0n) is 9.94. The molecule has 0 amide bonds. The van der Waals surface area contributed by atoms with Crippen molar-refractivity contribution in [2.24, 2.45) is 0 Å². The first kappa shape index (κ1) is 12.8. The topological polar surface area (TPSA) is 37.8 Å². The van der Waals surface area contributed by atoms with Gasteiger partial charge in [0.05, 0.1) is 11.2 Å². The lowest BCUT2D eigenvalue weighted by atomic mass is 10.2. The molecule has 0 fully saturated rings. The first-order valence-electron chi connectivity index (χ1n) is 5.57. The second-order valence-electron chi connectivity index (χ2n) is 4.12. The van der Waals surface area contributed by atoms with Crippen molar-refractivity contribution in [3.63, 3.8) is 0 Å². The predicted octanol–water partition coefficient (Wildman–Crippen LogP) is 4.18. The Bertz CT molecular complexity index is 892.